The van der Waals surface area contributed by atoms with Gasteiger partial charge < -0.3 is 10.1 Å². The molecule has 0 aliphatic carbocycles. The van der Waals surface area contributed by atoms with E-state index in [0.29, 0.717) is 23.8 Å². The van der Waals surface area contributed by atoms with Crippen molar-refractivity contribution in [2.75, 3.05) is 11.9 Å². The zero-order chi connectivity index (χ0) is 17.0. The monoisotopic (exact) mass is 375 g/mol. The van der Waals surface area contributed by atoms with Crippen molar-refractivity contribution in [3.05, 3.63) is 57.6 Å². The van der Waals surface area contributed by atoms with Crippen LogP contribution in [0.3, 0.4) is 0 Å². The predicted molar refractivity (Wildman–Crippen MR) is 98.3 cm³/mol. The fourth-order valence-corrected chi connectivity index (χ4v) is 2.50. The van der Waals surface area contributed by atoms with Gasteiger partial charge in [-0.05, 0) is 55.2 Å². The lowest BCUT2D eigenvalue weighted by molar-refractivity contribution is 0.102. The van der Waals surface area contributed by atoms with Crippen LogP contribution in [0.25, 0.3) is 0 Å². The Morgan fingerprint density at radius 2 is 1.96 bits per heavy atom. The van der Waals surface area contributed by atoms with Crippen LogP contribution in [0, 0.1) is 19.8 Å². The number of aryl methyl sites for hydroxylation is 1. The summed E-state index contributed by atoms with van der Waals surface area (Å²) in [5.41, 5.74) is 3.57. The first-order chi connectivity index (χ1) is 10.9. The number of ether oxygens (including phenoxy) is 1. The van der Waals surface area contributed by atoms with Crippen LogP contribution < -0.4 is 10.1 Å². The number of hydrogen-bond donors (Lipinski definition) is 1. The Balaban J connectivity index is 2.27. The van der Waals surface area contributed by atoms with E-state index in [9.17, 15) is 4.79 Å². The van der Waals surface area contributed by atoms with E-state index in [0.717, 1.165) is 21.3 Å². The Hall–Kier alpha value is -1.81. The lowest BCUT2D eigenvalue weighted by Gasteiger charge is -2.15. The van der Waals surface area contributed by atoms with Crippen LogP contribution in [-0.4, -0.2) is 12.5 Å². The molecule has 0 aromatic heterocycles. The first kappa shape index (κ1) is 17.5. The smallest absolute Gasteiger partial charge is 0.259 e. The minimum atomic E-state index is -0.168. The fourth-order valence-electron chi connectivity index (χ4n) is 2.14. The van der Waals surface area contributed by atoms with Gasteiger partial charge in [-0.25, -0.2) is 0 Å². The molecular weight excluding hydrogens is 354 g/mol. The Morgan fingerprint density at radius 3 is 2.65 bits per heavy atom. The molecule has 3 nitrogen and oxygen atoms in total. The van der Waals surface area contributed by atoms with Gasteiger partial charge in [-0.3, -0.25) is 4.79 Å². The summed E-state index contributed by atoms with van der Waals surface area (Å²) in [5.74, 6) is 0.831. The molecule has 0 saturated heterocycles. The Morgan fingerprint density at radius 1 is 1.22 bits per heavy atom. The molecule has 0 fully saturated rings. The number of carbonyl (C=O) groups excluding carboxylic acids is 1. The third kappa shape index (κ3) is 4.58. The molecule has 0 spiro atoms. The molecule has 0 radical (unpaired) electrons. The summed E-state index contributed by atoms with van der Waals surface area (Å²) in [4.78, 5) is 12.7. The minimum absolute atomic E-state index is 0.168. The maximum Gasteiger partial charge on any atom is 0.259 e. The Kier molecular flexibility index (Phi) is 5.83. The quantitative estimate of drug-likeness (QED) is 0.764. The first-order valence-electron chi connectivity index (χ1n) is 7.68. The van der Waals surface area contributed by atoms with Crippen LogP contribution in [0.2, 0.25) is 0 Å². The molecule has 1 N–H and O–H groups in total. The van der Waals surface area contributed by atoms with Crippen molar-refractivity contribution < 1.29 is 9.53 Å². The molecule has 1 amide bonds. The van der Waals surface area contributed by atoms with Crippen molar-refractivity contribution in [1.82, 2.24) is 0 Å². The normalized spacial score (nSPS) is 10.7. The summed E-state index contributed by atoms with van der Waals surface area (Å²) in [7, 11) is 0. The van der Waals surface area contributed by atoms with Crippen molar-refractivity contribution in [3.63, 3.8) is 0 Å². The van der Waals surface area contributed by atoms with Crippen molar-refractivity contribution in [2.45, 2.75) is 27.7 Å². The number of hydrogen-bond acceptors (Lipinski definition) is 2. The molecule has 0 aliphatic heterocycles. The highest BCUT2D eigenvalue weighted by Gasteiger charge is 2.15. The van der Waals surface area contributed by atoms with E-state index in [1.165, 1.54) is 0 Å². The van der Waals surface area contributed by atoms with E-state index in [4.69, 9.17) is 4.74 Å². The number of halogens is 1. The van der Waals surface area contributed by atoms with Gasteiger partial charge >= 0.3 is 0 Å². The molecule has 0 aliphatic rings. The molecule has 0 heterocycles. The van der Waals surface area contributed by atoms with Crippen molar-refractivity contribution in [1.29, 1.82) is 0 Å². The van der Waals surface area contributed by atoms with Crippen LogP contribution in [0.1, 0.15) is 35.3 Å². The summed E-state index contributed by atoms with van der Waals surface area (Å²) >= 11 is 3.42. The average molecular weight is 376 g/mol. The molecule has 122 valence electrons. The molecule has 2 aromatic rings. The molecule has 0 saturated carbocycles. The maximum absolute atomic E-state index is 12.7. The Labute approximate surface area is 146 Å². The first-order valence-corrected chi connectivity index (χ1v) is 8.47. The number of amides is 1. The van der Waals surface area contributed by atoms with Gasteiger partial charge in [0.2, 0.25) is 0 Å². The Bertz CT molecular complexity index is 711. The highest BCUT2D eigenvalue weighted by Crippen LogP contribution is 2.26. The summed E-state index contributed by atoms with van der Waals surface area (Å²) < 4.78 is 6.63. The summed E-state index contributed by atoms with van der Waals surface area (Å²) in [6.45, 7) is 8.76. The number of rotatable bonds is 5. The van der Waals surface area contributed by atoms with Gasteiger partial charge in [0.1, 0.15) is 5.75 Å². The van der Waals surface area contributed by atoms with Gasteiger partial charge in [0, 0.05) is 10.2 Å². The largest absolute Gasteiger partial charge is 0.492 e. The van der Waals surface area contributed by atoms with Crippen molar-refractivity contribution >= 4 is 27.5 Å². The van der Waals surface area contributed by atoms with Gasteiger partial charge in [-0.15, -0.1) is 0 Å². The second-order valence-corrected chi connectivity index (χ2v) is 6.96. The topological polar surface area (TPSA) is 38.3 Å². The van der Waals surface area contributed by atoms with E-state index in [-0.39, 0.29) is 5.91 Å². The second-order valence-electron chi connectivity index (χ2n) is 6.05. The lowest BCUT2D eigenvalue weighted by atomic mass is 10.1. The van der Waals surface area contributed by atoms with E-state index < -0.39 is 0 Å². The zero-order valence-corrected chi connectivity index (χ0v) is 15.5. The molecule has 2 aromatic carbocycles. The maximum atomic E-state index is 12.7. The number of anilines is 1. The standard InChI is InChI=1S/C19H22BrNO2/c1-12(2)11-23-18-9-8-15(20)10-16(18)19(22)21-17-7-5-6-13(3)14(17)4/h5-10,12H,11H2,1-4H3,(H,21,22). The zero-order valence-electron chi connectivity index (χ0n) is 13.9. The summed E-state index contributed by atoms with van der Waals surface area (Å²) in [6, 6.07) is 11.4. The number of benzene rings is 2. The van der Waals surface area contributed by atoms with Gasteiger partial charge in [-0.1, -0.05) is 41.9 Å². The van der Waals surface area contributed by atoms with Gasteiger partial charge in [0.05, 0.1) is 12.2 Å². The van der Waals surface area contributed by atoms with Crippen molar-refractivity contribution in [3.8, 4) is 5.75 Å². The highest BCUT2D eigenvalue weighted by molar-refractivity contribution is 9.10. The van der Waals surface area contributed by atoms with Crippen LogP contribution in [0.4, 0.5) is 5.69 Å². The van der Waals surface area contributed by atoms with E-state index in [1.54, 1.807) is 6.07 Å². The third-order valence-corrected chi connectivity index (χ3v) is 4.10. The van der Waals surface area contributed by atoms with E-state index in [2.05, 4.69) is 35.1 Å². The average Bonchev–Trinajstić information content (AvgIpc) is 2.50. The number of nitrogens with one attached hydrogen (secondary N) is 1. The molecule has 0 unspecified atom stereocenters. The van der Waals surface area contributed by atoms with Crippen molar-refractivity contribution in [2.24, 2.45) is 5.92 Å². The molecule has 23 heavy (non-hydrogen) atoms. The van der Waals surface area contributed by atoms with Gasteiger partial charge in [-0.2, -0.15) is 0 Å². The minimum Gasteiger partial charge on any atom is -0.492 e. The molecule has 0 atom stereocenters. The van der Waals surface area contributed by atoms with Gasteiger partial charge in [0.25, 0.3) is 5.91 Å². The lowest BCUT2D eigenvalue weighted by Crippen LogP contribution is -2.16. The van der Waals surface area contributed by atoms with Crippen LogP contribution >= 0.6 is 15.9 Å². The van der Waals surface area contributed by atoms with Gasteiger partial charge in [0.15, 0.2) is 0 Å². The molecule has 0 bridgehead atoms. The predicted octanol–water partition coefficient (Wildman–Crippen LogP) is 5.35. The van der Waals surface area contributed by atoms with Crippen LogP contribution in [-0.2, 0) is 0 Å². The summed E-state index contributed by atoms with van der Waals surface area (Å²) in [5, 5.41) is 2.98. The molecule has 4 heteroatoms. The van der Waals surface area contributed by atoms with E-state index in [1.807, 2.05) is 44.2 Å². The van der Waals surface area contributed by atoms with E-state index >= 15 is 0 Å². The van der Waals surface area contributed by atoms with Crippen LogP contribution in [0.15, 0.2) is 40.9 Å². The molecule has 2 rings (SSSR count). The molecular formula is C19H22BrNO2. The second kappa shape index (κ2) is 7.64. The SMILES string of the molecule is Cc1cccc(NC(=O)c2cc(Br)ccc2OCC(C)C)c1C. The fraction of sp³-hybridized carbons (Fsp3) is 0.316. The van der Waals surface area contributed by atoms with Crippen LogP contribution in [0.5, 0.6) is 5.75 Å². The summed E-state index contributed by atoms with van der Waals surface area (Å²) in [6.07, 6.45) is 0. The third-order valence-electron chi connectivity index (χ3n) is 3.61. The number of carbonyl (C=O) groups is 1. The highest BCUT2D eigenvalue weighted by atomic mass is 79.9.